The summed E-state index contributed by atoms with van der Waals surface area (Å²) >= 11 is 0. The maximum Gasteiger partial charge on any atom is 0.258 e. The van der Waals surface area contributed by atoms with Crippen molar-refractivity contribution in [2.45, 2.75) is 40.2 Å². The van der Waals surface area contributed by atoms with Gasteiger partial charge >= 0.3 is 0 Å². The molecule has 0 fully saturated rings. The van der Waals surface area contributed by atoms with Gasteiger partial charge in [0.1, 0.15) is 0 Å². The van der Waals surface area contributed by atoms with E-state index in [1.807, 2.05) is 68.6 Å². The standard InChI is InChI=1S/C21H22N6O2/c1-12(2)19-23-21(29-26-19)15-7-8-27-17(10-15)24-25-18(27)11-22-20(28)16-9-13(3)5-6-14(16)4/h5-10,12H,11H2,1-4H3,(H,22,28). The van der Waals surface area contributed by atoms with Crippen LogP contribution in [0.3, 0.4) is 0 Å². The highest BCUT2D eigenvalue weighted by Crippen LogP contribution is 2.21. The number of carbonyl (C=O) groups is 1. The highest BCUT2D eigenvalue weighted by atomic mass is 16.5. The van der Waals surface area contributed by atoms with Crippen LogP contribution in [0.1, 0.15) is 52.9 Å². The first-order valence-corrected chi connectivity index (χ1v) is 9.45. The lowest BCUT2D eigenvalue weighted by molar-refractivity contribution is 0.0949. The Morgan fingerprint density at radius 2 is 2.00 bits per heavy atom. The molecule has 29 heavy (non-hydrogen) atoms. The third-order valence-electron chi connectivity index (χ3n) is 4.73. The Kier molecular flexibility index (Phi) is 4.84. The summed E-state index contributed by atoms with van der Waals surface area (Å²) in [5, 5.41) is 15.3. The van der Waals surface area contributed by atoms with E-state index >= 15 is 0 Å². The zero-order chi connectivity index (χ0) is 20.5. The summed E-state index contributed by atoms with van der Waals surface area (Å²) in [6, 6.07) is 9.52. The largest absolute Gasteiger partial charge is 0.345 e. The van der Waals surface area contributed by atoms with Gasteiger partial charge in [-0.2, -0.15) is 4.98 Å². The molecule has 148 valence electrons. The number of nitrogens with zero attached hydrogens (tertiary/aromatic N) is 5. The Hall–Kier alpha value is -3.55. The number of amides is 1. The number of hydrogen-bond donors (Lipinski definition) is 1. The van der Waals surface area contributed by atoms with Gasteiger partial charge in [0.15, 0.2) is 17.3 Å². The maximum absolute atomic E-state index is 12.5. The molecule has 0 saturated carbocycles. The molecular weight excluding hydrogens is 368 g/mol. The van der Waals surface area contributed by atoms with Gasteiger partial charge in [-0.3, -0.25) is 9.20 Å². The van der Waals surface area contributed by atoms with Crippen LogP contribution >= 0.6 is 0 Å². The second-order valence-electron chi connectivity index (χ2n) is 7.37. The molecule has 8 heteroatoms. The lowest BCUT2D eigenvalue weighted by Gasteiger charge is -2.08. The number of rotatable bonds is 5. The van der Waals surface area contributed by atoms with Gasteiger partial charge in [0.25, 0.3) is 11.8 Å². The van der Waals surface area contributed by atoms with Crippen LogP contribution in [0.25, 0.3) is 17.1 Å². The van der Waals surface area contributed by atoms with Crippen molar-refractivity contribution in [3.05, 3.63) is 64.9 Å². The van der Waals surface area contributed by atoms with Gasteiger partial charge in [0, 0.05) is 23.2 Å². The first-order chi connectivity index (χ1) is 13.9. The Morgan fingerprint density at radius 3 is 2.76 bits per heavy atom. The predicted molar refractivity (Wildman–Crippen MR) is 107 cm³/mol. The minimum Gasteiger partial charge on any atom is -0.345 e. The quantitative estimate of drug-likeness (QED) is 0.560. The molecule has 1 N–H and O–H groups in total. The Bertz CT molecular complexity index is 1190. The summed E-state index contributed by atoms with van der Waals surface area (Å²) < 4.78 is 7.17. The van der Waals surface area contributed by atoms with E-state index in [0.717, 1.165) is 16.7 Å². The molecule has 1 aromatic carbocycles. The van der Waals surface area contributed by atoms with E-state index < -0.39 is 0 Å². The molecule has 0 atom stereocenters. The van der Waals surface area contributed by atoms with Gasteiger partial charge in [-0.05, 0) is 37.6 Å². The van der Waals surface area contributed by atoms with Crippen molar-refractivity contribution in [1.29, 1.82) is 0 Å². The smallest absolute Gasteiger partial charge is 0.258 e. The van der Waals surface area contributed by atoms with Crippen LogP contribution < -0.4 is 5.32 Å². The minimum absolute atomic E-state index is 0.133. The summed E-state index contributed by atoms with van der Waals surface area (Å²) in [6.07, 6.45) is 1.84. The second-order valence-corrected chi connectivity index (χ2v) is 7.37. The summed E-state index contributed by atoms with van der Waals surface area (Å²) in [5.41, 5.74) is 4.06. The molecule has 8 nitrogen and oxygen atoms in total. The molecule has 1 amide bonds. The van der Waals surface area contributed by atoms with Gasteiger partial charge < -0.3 is 9.84 Å². The lowest BCUT2D eigenvalue weighted by atomic mass is 10.1. The molecule has 4 aromatic rings. The highest BCUT2D eigenvalue weighted by molar-refractivity contribution is 5.95. The number of benzene rings is 1. The Morgan fingerprint density at radius 1 is 1.17 bits per heavy atom. The summed E-state index contributed by atoms with van der Waals surface area (Å²) in [7, 11) is 0. The number of aryl methyl sites for hydroxylation is 2. The molecule has 0 aliphatic rings. The molecule has 0 bridgehead atoms. The van der Waals surface area contributed by atoms with Crippen LogP contribution in [0.5, 0.6) is 0 Å². The van der Waals surface area contributed by atoms with Crippen molar-refractivity contribution in [2.75, 3.05) is 0 Å². The van der Waals surface area contributed by atoms with Crippen molar-refractivity contribution in [3.63, 3.8) is 0 Å². The molecule has 3 heterocycles. The zero-order valence-electron chi connectivity index (χ0n) is 16.8. The SMILES string of the molecule is Cc1ccc(C)c(C(=O)NCc2nnc3cc(-c4nc(C(C)C)no4)ccn23)c1. The molecule has 0 saturated heterocycles. The molecule has 0 spiro atoms. The van der Waals surface area contributed by atoms with Crippen LogP contribution in [0, 0.1) is 13.8 Å². The van der Waals surface area contributed by atoms with E-state index in [1.54, 1.807) is 0 Å². The molecule has 0 aliphatic heterocycles. The normalized spacial score (nSPS) is 11.3. The lowest BCUT2D eigenvalue weighted by Crippen LogP contribution is -2.24. The Balaban J connectivity index is 1.53. The van der Waals surface area contributed by atoms with Gasteiger partial charge in [-0.1, -0.05) is 36.7 Å². The van der Waals surface area contributed by atoms with E-state index in [1.165, 1.54) is 0 Å². The van der Waals surface area contributed by atoms with E-state index in [4.69, 9.17) is 4.52 Å². The average molecular weight is 390 g/mol. The van der Waals surface area contributed by atoms with Gasteiger partial charge in [-0.15, -0.1) is 10.2 Å². The maximum atomic E-state index is 12.5. The van der Waals surface area contributed by atoms with Crippen molar-refractivity contribution in [3.8, 4) is 11.5 Å². The van der Waals surface area contributed by atoms with Crippen molar-refractivity contribution >= 4 is 11.6 Å². The topological polar surface area (TPSA) is 98.2 Å². The molecule has 0 unspecified atom stereocenters. The van der Waals surface area contributed by atoms with Crippen molar-refractivity contribution in [1.82, 2.24) is 30.1 Å². The molecule has 0 radical (unpaired) electrons. The molecular formula is C21H22N6O2. The first-order valence-electron chi connectivity index (χ1n) is 9.45. The van der Waals surface area contributed by atoms with Gasteiger partial charge in [-0.25, -0.2) is 0 Å². The molecule has 4 rings (SSSR count). The van der Waals surface area contributed by atoms with E-state index in [2.05, 4.69) is 25.7 Å². The van der Waals surface area contributed by atoms with Crippen LogP contribution in [-0.4, -0.2) is 30.6 Å². The van der Waals surface area contributed by atoms with Crippen LogP contribution in [0.15, 0.2) is 41.1 Å². The minimum atomic E-state index is -0.133. The summed E-state index contributed by atoms with van der Waals surface area (Å²) in [5.74, 6) is 1.81. The third-order valence-corrected chi connectivity index (χ3v) is 4.73. The number of pyridine rings is 1. The fraction of sp³-hybridized carbons (Fsp3) is 0.286. The summed E-state index contributed by atoms with van der Waals surface area (Å²) in [6.45, 7) is 8.17. The third kappa shape index (κ3) is 3.73. The number of carbonyl (C=O) groups excluding carboxylic acids is 1. The Labute approximate surface area is 168 Å². The van der Waals surface area contributed by atoms with Gasteiger partial charge in [0.05, 0.1) is 6.54 Å². The van der Waals surface area contributed by atoms with Crippen LogP contribution in [0.2, 0.25) is 0 Å². The van der Waals surface area contributed by atoms with Crippen molar-refractivity contribution in [2.24, 2.45) is 0 Å². The van der Waals surface area contributed by atoms with Crippen LogP contribution in [0.4, 0.5) is 0 Å². The average Bonchev–Trinajstić information content (AvgIpc) is 3.35. The number of nitrogens with one attached hydrogen (secondary N) is 1. The van der Waals surface area contributed by atoms with Crippen molar-refractivity contribution < 1.29 is 9.32 Å². The number of fused-ring (bicyclic) bond motifs is 1. The molecule has 3 aromatic heterocycles. The van der Waals surface area contributed by atoms with E-state index in [-0.39, 0.29) is 18.4 Å². The summed E-state index contributed by atoms with van der Waals surface area (Å²) in [4.78, 5) is 17.0. The monoisotopic (exact) mass is 390 g/mol. The first kappa shape index (κ1) is 18.8. The van der Waals surface area contributed by atoms with Gasteiger partial charge in [0.2, 0.25) is 0 Å². The zero-order valence-corrected chi connectivity index (χ0v) is 16.8. The fourth-order valence-corrected chi connectivity index (χ4v) is 3.02. The molecule has 0 aliphatic carbocycles. The van der Waals surface area contributed by atoms with E-state index in [0.29, 0.717) is 28.8 Å². The fourth-order valence-electron chi connectivity index (χ4n) is 3.02. The number of hydrogen-bond acceptors (Lipinski definition) is 6. The highest BCUT2D eigenvalue weighted by Gasteiger charge is 2.15. The van der Waals surface area contributed by atoms with E-state index in [9.17, 15) is 4.79 Å². The second kappa shape index (κ2) is 7.46. The number of aromatic nitrogens is 5. The predicted octanol–water partition coefficient (Wildman–Crippen LogP) is 3.45. The van der Waals surface area contributed by atoms with Crippen LogP contribution in [-0.2, 0) is 6.54 Å².